The molecule has 0 bridgehead atoms. The van der Waals surface area contributed by atoms with Crippen molar-refractivity contribution in [3.8, 4) is 0 Å². The molecule has 2 nitrogen and oxygen atoms in total. The van der Waals surface area contributed by atoms with Crippen molar-refractivity contribution in [2.24, 2.45) is 22.7 Å². The lowest BCUT2D eigenvalue weighted by atomic mass is 9.45. The van der Waals surface area contributed by atoms with Crippen LogP contribution in [-0.2, 0) is 9.59 Å². The van der Waals surface area contributed by atoms with Crippen molar-refractivity contribution in [2.75, 3.05) is 0 Å². The van der Waals surface area contributed by atoms with E-state index in [0.717, 1.165) is 25.7 Å². The number of Topliss-reactive ketones (excluding diaryl/α,β-unsaturated/α-hetero) is 2. The Morgan fingerprint density at radius 3 is 1.25 bits per heavy atom. The van der Waals surface area contributed by atoms with E-state index in [1.165, 1.54) is 0 Å². The Bertz CT molecular complexity index is 318. The highest BCUT2D eigenvalue weighted by molar-refractivity contribution is 6.30. The van der Waals surface area contributed by atoms with E-state index in [9.17, 15) is 9.59 Å². The van der Waals surface area contributed by atoms with Crippen LogP contribution >= 0.6 is 0 Å². The Balaban J connectivity index is 2.89. The Kier molecular flexibility index (Phi) is 5.57. The molecule has 20 heavy (non-hydrogen) atoms. The van der Waals surface area contributed by atoms with Gasteiger partial charge in [-0.05, 0) is 50.4 Å². The van der Waals surface area contributed by atoms with Gasteiger partial charge >= 0.3 is 0 Å². The van der Waals surface area contributed by atoms with Gasteiger partial charge in [-0.15, -0.1) is 0 Å². The highest BCUT2D eigenvalue weighted by Crippen LogP contribution is 2.56. The fourth-order valence-corrected chi connectivity index (χ4v) is 3.58. The molecule has 2 heteroatoms. The second kappa shape index (κ2) is 6.41. The molecular weight excluding hydrogens is 248 g/mol. The van der Waals surface area contributed by atoms with Gasteiger partial charge in [0.2, 0.25) is 0 Å². The monoisotopic (exact) mass is 280 g/mol. The minimum Gasteiger partial charge on any atom is -0.297 e. The zero-order valence-corrected chi connectivity index (χ0v) is 14.2. The summed E-state index contributed by atoms with van der Waals surface area (Å²) < 4.78 is 0. The largest absolute Gasteiger partial charge is 0.297 e. The van der Waals surface area contributed by atoms with Crippen LogP contribution in [0.1, 0.15) is 80.1 Å². The number of ketones is 2. The number of carbonyl (C=O) groups excluding carboxylic acids is 2. The fraction of sp³-hybridized carbons (Fsp3) is 0.889. The van der Waals surface area contributed by atoms with E-state index in [-0.39, 0.29) is 11.6 Å². The van der Waals surface area contributed by atoms with Crippen LogP contribution in [-0.4, -0.2) is 11.6 Å². The molecule has 0 N–H and O–H groups in total. The summed E-state index contributed by atoms with van der Waals surface area (Å²) in [5.41, 5.74) is -1.28. The molecule has 1 saturated carbocycles. The maximum absolute atomic E-state index is 12.9. The Morgan fingerprint density at radius 2 is 1.05 bits per heavy atom. The SMILES string of the molecule is CCC1(CCC(C)C)C(=O)C(CC)(CCC(C)C)C1=O. The molecule has 1 fully saturated rings. The number of hydrogen-bond donors (Lipinski definition) is 0. The molecule has 0 unspecified atom stereocenters. The third-order valence-corrected chi connectivity index (χ3v) is 5.24. The van der Waals surface area contributed by atoms with Crippen molar-refractivity contribution in [3.63, 3.8) is 0 Å². The molecule has 0 radical (unpaired) electrons. The zero-order chi connectivity index (χ0) is 15.6. The van der Waals surface area contributed by atoms with Gasteiger partial charge in [0.25, 0.3) is 0 Å². The molecule has 0 heterocycles. The lowest BCUT2D eigenvalue weighted by Gasteiger charge is -2.52. The summed E-state index contributed by atoms with van der Waals surface area (Å²) in [5.74, 6) is 1.60. The maximum Gasteiger partial charge on any atom is 0.159 e. The molecule has 1 aliphatic carbocycles. The van der Waals surface area contributed by atoms with E-state index in [1.807, 2.05) is 13.8 Å². The summed E-state index contributed by atoms with van der Waals surface area (Å²) >= 11 is 0. The first-order chi connectivity index (χ1) is 9.26. The second-order valence-electron chi connectivity index (χ2n) is 7.39. The van der Waals surface area contributed by atoms with Gasteiger partial charge in [0.05, 0.1) is 10.8 Å². The number of rotatable bonds is 8. The van der Waals surface area contributed by atoms with E-state index in [2.05, 4.69) is 27.7 Å². The third-order valence-electron chi connectivity index (χ3n) is 5.24. The molecule has 116 valence electrons. The van der Waals surface area contributed by atoms with Gasteiger partial charge in [-0.1, -0.05) is 41.5 Å². The van der Waals surface area contributed by atoms with E-state index in [1.54, 1.807) is 0 Å². The van der Waals surface area contributed by atoms with Crippen molar-refractivity contribution < 1.29 is 9.59 Å². The summed E-state index contributed by atoms with van der Waals surface area (Å²) in [6.45, 7) is 12.6. The fourth-order valence-electron chi connectivity index (χ4n) is 3.58. The predicted octanol–water partition coefficient (Wildman–Crippen LogP) is 4.80. The van der Waals surface area contributed by atoms with Gasteiger partial charge in [-0.25, -0.2) is 0 Å². The van der Waals surface area contributed by atoms with E-state index < -0.39 is 10.8 Å². The molecule has 0 spiro atoms. The first kappa shape index (κ1) is 17.4. The number of hydrogen-bond acceptors (Lipinski definition) is 2. The van der Waals surface area contributed by atoms with Crippen LogP contribution in [0, 0.1) is 22.7 Å². The Hall–Kier alpha value is -0.660. The average molecular weight is 280 g/mol. The smallest absolute Gasteiger partial charge is 0.159 e. The molecule has 0 amide bonds. The van der Waals surface area contributed by atoms with Gasteiger partial charge < -0.3 is 0 Å². The summed E-state index contributed by atoms with van der Waals surface area (Å²) in [6, 6.07) is 0. The molecule has 0 aromatic carbocycles. The first-order valence-corrected chi connectivity index (χ1v) is 8.36. The molecule has 1 aliphatic rings. The maximum atomic E-state index is 12.9. The van der Waals surface area contributed by atoms with Crippen molar-refractivity contribution in [3.05, 3.63) is 0 Å². The minimum atomic E-state index is -0.642. The lowest BCUT2D eigenvalue weighted by Crippen LogP contribution is -2.66. The van der Waals surface area contributed by atoms with Gasteiger partial charge in [0.1, 0.15) is 0 Å². The van der Waals surface area contributed by atoms with Crippen LogP contribution < -0.4 is 0 Å². The minimum absolute atomic E-state index is 0.251. The predicted molar refractivity (Wildman–Crippen MR) is 83.6 cm³/mol. The Labute approximate surface area is 124 Å². The van der Waals surface area contributed by atoms with Gasteiger partial charge in [0, 0.05) is 0 Å². The van der Waals surface area contributed by atoms with Crippen LogP contribution in [0.5, 0.6) is 0 Å². The van der Waals surface area contributed by atoms with Crippen LogP contribution in [0.3, 0.4) is 0 Å². The molecule has 0 saturated heterocycles. The molecule has 0 aromatic heterocycles. The molecule has 0 aliphatic heterocycles. The van der Waals surface area contributed by atoms with Crippen LogP contribution in [0.2, 0.25) is 0 Å². The third kappa shape index (κ3) is 2.71. The number of carbonyl (C=O) groups is 2. The van der Waals surface area contributed by atoms with Gasteiger partial charge in [-0.2, -0.15) is 0 Å². The normalized spacial score (nSPS) is 30.2. The molecular formula is C18H32O2. The zero-order valence-electron chi connectivity index (χ0n) is 14.2. The molecule has 0 aromatic rings. The summed E-state index contributed by atoms with van der Waals surface area (Å²) in [5, 5.41) is 0. The van der Waals surface area contributed by atoms with Crippen molar-refractivity contribution in [1.82, 2.24) is 0 Å². The summed E-state index contributed by atoms with van der Waals surface area (Å²) in [7, 11) is 0. The van der Waals surface area contributed by atoms with Crippen molar-refractivity contribution in [2.45, 2.75) is 80.1 Å². The first-order valence-electron chi connectivity index (χ1n) is 8.36. The summed E-state index contributed by atoms with van der Waals surface area (Å²) in [4.78, 5) is 25.8. The van der Waals surface area contributed by atoms with Crippen LogP contribution in [0.25, 0.3) is 0 Å². The standard InChI is InChI=1S/C18H32O2/c1-7-17(11-9-13(3)4)15(19)18(8-2,16(17)20)12-10-14(5)6/h13-14H,7-12H2,1-6H3. The van der Waals surface area contributed by atoms with Crippen molar-refractivity contribution in [1.29, 1.82) is 0 Å². The second-order valence-corrected chi connectivity index (χ2v) is 7.39. The molecule has 0 atom stereocenters. The van der Waals surface area contributed by atoms with Crippen LogP contribution in [0.4, 0.5) is 0 Å². The molecule has 1 rings (SSSR count). The van der Waals surface area contributed by atoms with Crippen molar-refractivity contribution >= 4 is 11.6 Å². The van der Waals surface area contributed by atoms with E-state index in [4.69, 9.17) is 0 Å². The summed E-state index contributed by atoms with van der Waals surface area (Å²) in [6.07, 6.45) is 4.80. The lowest BCUT2D eigenvalue weighted by molar-refractivity contribution is -0.174. The highest BCUT2D eigenvalue weighted by Gasteiger charge is 2.68. The van der Waals surface area contributed by atoms with Crippen LogP contribution in [0.15, 0.2) is 0 Å². The Morgan fingerprint density at radius 1 is 0.750 bits per heavy atom. The topological polar surface area (TPSA) is 34.1 Å². The van der Waals surface area contributed by atoms with E-state index in [0.29, 0.717) is 24.7 Å². The van der Waals surface area contributed by atoms with Gasteiger partial charge in [0.15, 0.2) is 11.6 Å². The van der Waals surface area contributed by atoms with E-state index >= 15 is 0 Å². The quantitative estimate of drug-likeness (QED) is 0.598. The average Bonchev–Trinajstić information content (AvgIpc) is 2.40. The highest BCUT2D eigenvalue weighted by atomic mass is 16.2. The van der Waals surface area contributed by atoms with Gasteiger partial charge in [-0.3, -0.25) is 9.59 Å².